The second kappa shape index (κ2) is 4.22. The molecule has 1 heteroatoms. The van der Waals surface area contributed by atoms with Crippen molar-refractivity contribution in [3.63, 3.8) is 0 Å². The zero-order chi connectivity index (χ0) is 5.98. The van der Waals surface area contributed by atoms with E-state index < -0.39 is 0 Å². The molecule has 0 bridgehead atoms. The van der Waals surface area contributed by atoms with Gasteiger partial charge in [-0.3, -0.25) is 0 Å². The number of allylic oxidation sites excluding steroid dienone is 4. The van der Waals surface area contributed by atoms with Gasteiger partial charge in [-0.25, -0.2) is 17.7 Å². The van der Waals surface area contributed by atoms with Gasteiger partial charge in [0, 0.05) is 26.2 Å². The van der Waals surface area contributed by atoms with Crippen LogP contribution < -0.4 is 0 Å². The summed E-state index contributed by atoms with van der Waals surface area (Å²) in [6, 6.07) is 0. The van der Waals surface area contributed by atoms with E-state index in [4.69, 9.17) is 0 Å². The van der Waals surface area contributed by atoms with E-state index in [9.17, 15) is 0 Å². The maximum absolute atomic E-state index is 3.28. The van der Waals surface area contributed by atoms with Crippen LogP contribution in [0.4, 0.5) is 0 Å². The van der Waals surface area contributed by atoms with Gasteiger partial charge in [0.1, 0.15) is 0 Å². The van der Waals surface area contributed by atoms with E-state index >= 15 is 0 Å². The van der Waals surface area contributed by atoms with Gasteiger partial charge in [-0.05, 0) is 0 Å². The predicted molar refractivity (Wildman–Crippen MR) is 35.4 cm³/mol. The van der Waals surface area contributed by atoms with Crippen LogP contribution >= 0.6 is 0 Å². The third-order valence-corrected chi connectivity index (χ3v) is 1.41. The summed E-state index contributed by atoms with van der Waals surface area (Å²) < 4.78 is 0. The minimum absolute atomic E-state index is 0. The monoisotopic (exact) mass is 197 g/mol. The first-order valence-corrected chi connectivity index (χ1v) is 3.11. The summed E-state index contributed by atoms with van der Waals surface area (Å²) in [5.41, 5.74) is 2.75. The molecule has 0 aromatic carbocycles. The maximum atomic E-state index is 3.28. The van der Waals surface area contributed by atoms with Crippen molar-refractivity contribution >= 4 is 0 Å². The van der Waals surface area contributed by atoms with Crippen LogP contribution in [-0.2, 0) is 26.2 Å². The van der Waals surface area contributed by atoms with Gasteiger partial charge in [0.2, 0.25) is 0 Å². The standard InChI is InChI=1S/C8H11.Zr/c1-3-8-5-4-7(2)6-8;/h5H,3-4H2,1-2H3;/q-1;. The molecule has 0 nitrogen and oxygen atoms in total. The third-order valence-electron chi connectivity index (χ3n) is 1.41. The fourth-order valence-corrected chi connectivity index (χ4v) is 0.885. The van der Waals surface area contributed by atoms with E-state index in [2.05, 4.69) is 26.0 Å². The van der Waals surface area contributed by atoms with Gasteiger partial charge >= 0.3 is 0 Å². The molecule has 0 N–H and O–H groups in total. The molecule has 48 valence electrons. The molecule has 0 atom stereocenters. The van der Waals surface area contributed by atoms with Crippen LogP contribution in [0.5, 0.6) is 0 Å². The van der Waals surface area contributed by atoms with Crippen LogP contribution in [0.3, 0.4) is 0 Å². The molecule has 0 saturated heterocycles. The molecule has 1 aliphatic rings. The molecule has 0 fully saturated rings. The summed E-state index contributed by atoms with van der Waals surface area (Å²) in [7, 11) is 0. The smallest absolute Gasteiger partial charge is 0 e. The van der Waals surface area contributed by atoms with E-state index in [1.54, 1.807) is 0 Å². The Labute approximate surface area is 76.2 Å². The Bertz CT molecular complexity index is 143. The Hall–Kier alpha value is 0.363. The van der Waals surface area contributed by atoms with Crippen LogP contribution in [-0.4, -0.2) is 0 Å². The van der Waals surface area contributed by atoms with Gasteiger partial charge in [0.25, 0.3) is 0 Å². The van der Waals surface area contributed by atoms with E-state index in [1.807, 2.05) is 0 Å². The molecule has 0 unspecified atom stereocenters. The van der Waals surface area contributed by atoms with Crippen molar-refractivity contribution in [2.75, 3.05) is 0 Å². The first-order valence-electron chi connectivity index (χ1n) is 3.11. The Balaban J connectivity index is 0.000000640. The SMILES string of the molecule is CCC1=CCC(C)=[C-]1.[Zr]. The Morgan fingerprint density at radius 3 is 2.56 bits per heavy atom. The van der Waals surface area contributed by atoms with Crippen molar-refractivity contribution < 1.29 is 26.2 Å². The van der Waals surface area contributed by atoms with Crippen molar-refractivity contribution in [3.8, 4) is 0 Å². The van der Waals surface area contributed by atoms with Gasteiger partial charge in [-0.2, -0.15) is 5.57 Å². The van der Waals surface area contributed by atoms with Crippen LogP contribution in [0.1, 0.15) is 26.7 Å². The minimum atomic E-state index is 0. The zero-order valence-electron chi connectivity index (χ0n) is 5.99. The Morgan fingerprint density at radius 1 is 1.67 bits per heavy atom. The Kier molecular flexibility index (Phi) is 4.39. The second-order valence-electron chi connectivity index (χ2n) is 2.19. The van der Waals surface area contributed by atoms with E-state index in [1.165, 1.54) is 11.1 Å². The van der Waals surface area contributed by atoms with E-state index in [-0.39, 0.29) is 26.2 Å². The molecule has 1 aliphatic carbocycles. The Morgan fingerprint density at radius 2 is 2.33 bits per heavy atom. The van der Waals surface area contributed by atoms with E-state index in [0.29, 0.717) is 0 Å². The van der Waals surface area contributed by atoms with Gasteiger partial charge in [0.05, 0.1) is 0 Å². The predicted octanol–water partition coefficient (Wildman–Crippen LogP) is 2.47. The molecule has 0 aliphatic heterocycles. The average Bonchev–Trinajstić information content (AvgIpc) is 2.14. The summed E-state index contributed by atoms with van der Waals surface area (Å²) in [6.45, 7) is 4.29. The van der Waals surface area contributed by atoms with Crippen LogP contribution in [0.25, 0.3) is 0 Å². The molecule has 0 amide bonds. The van der Waals surface area contributed by atoms with Crippen LogP contribution in [0, 0.1) is 6.08 Å². The molecule has 9 heavy (non-hydrogen) atoms. The van der Waals surface area contributed by atoms with E-state index in [0.717, 1.165) is 12.8 Å². The zero-order valence-corrected chi connectivity index (χ0v) is 8.45. The summed E-state index contributed by atoms with van der Waals surface area (Å²) in [5, 5.41) is 0. The maximum Gasteiger partial charge on any atom is 0 e. The van der Waals surface area contributed by atoms with Crippen LogP contribution in [0.15, 0.2) is 17.2 Å². The second-order valence-corrected chi connectivity index (χ2v) is 2.19. The number of hydrogen-bond acceptors (Lipinski definition) is 0. The van der Waals surface area contributed by atoms with Crippen molar-refractivity contribution in [2.45, 2.75) is 26.7 Å². The normalized spacial score (nSPS) is 16.2. The van der Waals surface area contributed by atoms with Gasteiger partial charge in [0.15, 0.2) is 0 Å². The molecule has 0 heterocycles. The van der Waals surface area contributed by atoms with Gasteiger partial charge in [-0.1, -0.05) is 26.7 Å². The molecule has 0 aromatic rings. The first-order chi connectivity index (χ1) is 3.83. The van der Waals surface area contributed by atoms with Gasteiger partial charge < -0.3 is 0 Å². The molecule has 0 aromatic heterocycles. The topological polar surface area (TPSA) is 0 Å². The largest absolute Gasteiger partial charge is 0.250 e. The molecule has 0 saturated carbocycles. The minimum Gasteiger partial charge on any atom is -0.250 e. The fourth-order valence-electron chi connectivity index (χ4n) is 0.885. The summed E-state index contributed by atoms with van der Waals surface area (Å²) >= 11 is 0. The molecular formula is C8H11Zr-. The number of hydrogen-bond donors (Lipinski definition) is 0. The summed E-state index contributed by atoms with van der Waals surface area (Å²) in [6.07, 6.45) is 7.79. The fraction of sp³-hybridized carbons (Fsp3) is 0.500. The number of rotatable bonds is 1. The van der Waals surface area contributed by atoms with Crippen LogP contribution in [0.2, 0.25) is 0 Å². The third kappa shape index (κ3) is 2.62. The molecule has 1 rings (SSSR count). The van der Waals surface area contributed by atoms with Gasteiger partial charge in [-0.15, -0.1) is 0 Å². The van der Waals surface area contributed by atoms with Crippen molar-refractivity contribution in [1.29, 1.82) is 0 Å². The quantitative estimate of drug-likeness (QED) is 0.568. The van der Waals surface area contributed by atoms with Crippen molar-refractivity contribution in [3.05, 3.63) is 23.3 Å². The molecular weight excluding hydrogens is 187 g/mol. The first kappa shape index (κ1) is 9.36. The van der Waals surface area contributed by atoms with Crippen molar-refractivity contribution in [2.24, 2.45) is 0 Å². The summed E-state index contributed by atoms with van der Waals surface area (Å²) in [5.74, 6) is 0. The van der Waals surface area contributed by atoms with Crippen molar-refractivity contribution in [1.82, 2.24) is 0 Å². The molecule has 0 spiro atoms. The summed E-state index contributed by atoms with van der Waals surface area (Å²) in [4.78, 5) is 0. The average molecular weight is 198 g/mol. The molecule has 0 radical (unpaired) electrons.